The first kappa shape index (κ1) is 13.7. The van der Waals surface area contributed by atoms with E-state index in [-0.39, 0.29) is 12.3 Å². The molecule has 0 aliphatic heterocycles. The number of rotatable bonds is 5. The van der Waals surface area contributed by atoms with E-state index in [0.717, 1.165) is 10.0 Å². The molecule has 0 radical (unpaired) electrons. The predicted octanol–water partition coefficient (Wildman–Crippen LogP) is 2.60. The number of aliphatic carboxylic acids is 1. The van der Waals surface area contributed by atoms with Gasteiger partial charge < -0.3 is 9.84 Å². The maximum atomic E-state index is 11.1. The summed E-state index contributed by atoms with van der Waals surface area (Å²) < 4.78 is 6.07. The summed E-state index contributed by atoms with van der Waals surface area (Å²) in [6.45, 7) is 1.80. The lowest BCUT2D eigenvalue weighted by Gasteiger charge is -2.14. The second kappa shape index (κ2) is 5.82. The molecule has 1 unspecified atom stereocenters. The van der Waals surface area contributed by atoms with Gasteiger partial charge >= 0.3 is 5.97 Å². The van der Waals surface area contributed by atoms with Crippen LogP contribution < -0.4 is 4.74 Å². The summed E-state index contributed by atoms with van der Waals surface area (Å²) >= 11 is 3.32. The van der Waals surface area contributed by atoms with Crippen LogP contribution in [0.5, 0.6) is 5.75 Å². The van der Waals surface area contributed by atoms with Crippen molar-refractivity contribution in [3.8, 4) is 5.75 Å². The topological polar surface area (TPSA) is 63.6 Å². The molecular weight excluding hydrogens is 288 g/mol. The van der Waals surface area contributed by atoms with Gasteiger partial charge in [-0.25, -0.2) is 4.79 Å². The summed E-state index contributed by atoms with van der Waals surface area (Å²) in [4.78, 5) is 21.6. The fourth-order valence-electron chi connectivity index (χ4n) is 1.57. The van der Waals surface area contributed by atoms with Crippen LogP contribution in [0.25, 0.3) is 0 Å². The Kier molecular flexibility index (Phi) is 4.69. The lowest BCUT2D eigenvalue weighted by molar-refractivity contribution is -0.149. The number of carbonyl (C=O) groups excluding carboxylic acids is 1. The van der Waals surface area contributed by atoms with Crippen molar-refractivity contribution in [2.45, 2.75) is 19.3 Å². The minimum Gasteiger partial charge on any atom is -0.496 e. The molecule has 0 saturated heterocycles. The molecule has 1 N–H and O–H groups in total. The number of hydrogen-bond donors (Lipinski definition) is 1. The minimum atomic E-state index is -1.40. The summed E-state index contributed by atoms with van der Waals surface area (Å²) in [5.41, 5.74) is 0.824. The Morgan fingerprint density at radius 2 is 2.12 bits per heavy atom. The third-order valence-corrected chi connectivity index (χ3v) is 2.95. The van der Waals surface area contributed by atoms with Gasteiger partial charge in [-0.3, -0.25) is 4.79 Å². The molecule has 0 heterocycles. The average molecular weight is 301 g/mol. The first-order chi connectivity index (χ1) is 7.95. The highest BCUT2D eigenvalue weighted by Crippen LogP contribution is 2.31. The first-order valence-corrected chi connectivity index (χ1v) is 5.84. The lowest BCUT2D eigenvalue weighted by Crippen LogP contribution is -2.15. The molecule has 0 aliphatic carbocycles. The van der Waals surface area contributed by atoms with Gasteiger partial charge in [0, 0.05) is 10.9 Å². The van der Waals surface area contributed by atoms with Gasteiger partial charge in [0.2, 0.25) is 5.78 Å². The number of hydrogen-bond acceptors (Lipinski definition) is 3. The Balaban J connectivity index is 2.92. The van der Waals surface area contributed by atoms with E-state index in [1.54, 1.807) is 13.0 Å². The second-order valence-corrected chi connectivity index (χ2v) is 4.64. The fraction of sp³-hybridized carbons (Fsp3) is 0.333. The number of ketones is 1. The summed E-state index contributed by atoms with van der Waals surface area (Å²) in [6, 6.07) is 5.44. The van der Waals surface area contributed by atoms with E-state index in [4.69, 9.17) is 9.84 Å². The number of carboxylic acid groups (broad SMARTS) is 1. The molecule has 1 aromatic carbocycles. The molecule has 0 fully saturated rings. The van der Waals surface area contributed by atoms with E-state index in [0.29, 0.717) is 5.75 Å². The zero-order valence-electron chi connectivity index (χ0n) is 9.57. The molecule has 5 heteroatoms. The Labute approximate surface area is 108 Å². The second-order valence-electron chi connectivity index (χ2n) is 3.72. The van der Waals surface area contributed by atoms with Gasteiger partial charge in [0.15, 0.2) is 0 Å². The first-order valence-electron chi connectivity index (χ1n) is 5.05. The highest BCUT2D eigenvalue weighted by molar-refractivity contribution is 9.10. The van der Waals surface area contributed by atoms with Crippen molar-refractivity contribution in [1.82, 2.24) is 0 Å². The molecule has 4 nitrogen and oxygen atoms in total. The normalized spacial score (nSPS) is 11.9. The maximum Gasteiger partial charge on any atom is 0.372 e. The molecule has 0 spiro atoms. The Bertz CT molecular complexity index is 442. The lowest BCUT2D eigenvalue weighted by atomic mass is 9.95. The quantitative estimate of drug-likeness (QED) is 0.849. The van der Waals surface area contributed by atoms with Crippen LogP contribution in [0.3, 0.4) is 0 Å². The molecule has 1 atom stereocenters. The molecule has 17 heavy (non-hydrogen) atoms. The van der Waals surface area contributed by atoms with Gasteiger partial charge in [-0.05, 0) is 23.6 Å². The SMILES string of the molecule is COc1cc(Br)ccc1C(C)CC(=O)C(=O)O. The number of methoxy groups -OCH3 is 1. The molecule has 92 valence electrons. The highest BCUT2D eigenvalue weighted by Gasteiger charge is 2.19. The van der Waals surface area contributed by atoms with Crippen LogP contribution in [-0.4, -0.2) is 24.0 Å². The van der Waals surface area contributed by atoms with E-state index in [1.165, 1.54) is 7.11 Å². The van der Waals surface area contributed by atoms with E-state index < -0.39 is 11.8 Å². The molecule has 0 aromatic heterocycles. The number of Topliss-reactive ketones (excluding diaryl/α,β-unsaturated/α-hetero) is 1. The number of benzene rings is 1. The average Bonchev–Trinajstić information content (AvgIpc) is 2.28. The van der Waals surface area contributed by atoms with Crippen molar-refractivity contribution in [3.63, 3.8) is 0 Å². The van der Waals surface area contributed by atoms with E-state index in [9.17, 15) is 9.59 Å². The fourth-order valence-corrected chi connectivity index (χ4v) is 1.91. The van der Waals surface area contributed by atoms with Crippen LogP contribution >= 0.6 is 15.9 Å². The molecule has 0 amide bonds. The van der Waals surface area contributed by atoms with Crippen LogP contribution in [0.2, 0.25) is 0 Å². The number of halogens is 1. The number of carbonyl (C=O) groups is 2. The third kappa shape index (κ3) is 3.56. The Hall–Kier alpha value is -1.36. The molecular formula is C12H13BrO4. The van der Waals surface area contributed by atoms with E-state index >= 15 is 0 Å². The Morgan fingerprint density at radius 1 is 1.47 bits per heavy atom. The van der Waals surface area contributed by atoms with Gasteiger partial charge in [0.25, 0.3) is 0 Å². The molecule has 1 aromatic rings. The zero-order valence-corrected chi connectivity index (χ0v) is 11.2. The number of carboxylic acids is 1. The summed E-state index contributed by atoms with van der Waals surface area (Å²) in [7, 11) is 1.54. The van der Waals surface area contributed by atoms with Crippen molar-refractivity contribution in [2.75, 3.05) is 7.11 Å². The van der Waals surface area contributed by atoms with E-state index in [2.05, 4.69) is 15.9 Å². The standard InChI is InChI=1S/C12H13BrO4/c1-7(5-10(14)12(15)16)9-4-3-8(13)6-11(9)17-2/h3-4,6-7H,5H2,1-2H3,(H,15,16). The van der Waals surface area contributed by atoms with Crippen molar-refractivity contribution < 1.29 is 19.4 Å². The van der Waals surface area contributed by atoms with Crippen molar-refractivity contribution in [3.05, 3.63) is 28.2 Å². The van der Waals surface area contributed by atoms with Gasteiger partial charge in [0.1, 0.15) is 5.75 Å². The molecule has 1 rings (SSSR count). The summed E-state index contributed by atoms with van der Waals surface area (Å²) in [5.74, 6) is -1.73. The zero-order chi connectivity index (χ0) is 13.0. The van der Waals surface area contributed by atoms with Crippen molar-refractivity contribution >= 4 is 27.7 Å². The van der Waals surface area contributed by atoms with Crippen molar-refractivity contribution in [2.24, 2.45) is 0 Å². The smallest absolute Gasteiger partial charge is 0.372 e. The van der Waals surface area contributed by atoms with Gasteiger partial charge in [-0.1, -0.05) is 28.9 Å². The van der Waals surface area contributed by atoms with Crippen LogP contribution in [0, 0.1) is 0 Å². The molecule has 0 saturated carbocycles. The Morgan fingerprint density at radius 3 is 2.65 bits per heavy atom. The molecule has 0 aliphatic rings. The van der Waals surface area contributed by atoms with Crippen molar-refractivity contribution in [1.29, 1.82) is 0 Å². The van der Waals surface area contributed by atoms with Gasteiger partial charge in [0.05, 0.1) is 7.11 Å². The summed E-state index contributed by atoms with van der Waals surface area (Å²) in [5, 5.41) is 8.56. The maximum absolute atomic E-state index is 11.1. The molecule has 0 bridgehead atoms. The van der Waals surface area contributed by atoms with Crippen LogP contribution in [0.1, 0.15) is 24.8 Å². The third-order valence-electron chi connectivity index (χ3n) is 2.46. The summed E-state index contributed by atoms with van der Waals surface area (Å²) in [6.07, 6.45) is -0.0344. The highest BCUT2D eigenvalue weighted by atomic mass is 79.9. The van der Waals surface area contributed by atoms with Crippen LogP contribution in [0.4, 0.5) is 0 Å². The largest absolute Gasteiger partial charge is 0.496 e. The predicted molar refractivity (Wildman–Crippen MR) is 66.4 cm³/mol. The van der Waals surface area contributed by atoms with E-state index in [1.807, 2.05) is 12.1 Å². The number of ether oxygens (including phenoxy) is 1. The van der Waals surface area contributed by atoms with Gasteiger partial charge in [-0.2, -0.15) is 0 Å². The van der Waals surface area contributed by atoms with Crippen LogP contribution in [0.15, 0.2) is 22.7 Å². The van der Waals surface area contributed by atoms with Crippen LogP contribution in [-0.2, 0) is 9.59 Å². The monoisotopic (exact) mass is 300 g/mol. The van der Waals surface area contributed by atoms with Gasteiger partial charge in [-0.15, -0.1) is 0 Å². The minimum absolute atomic E-state index is 0.0344.